The zero-order valence-electron chi connectivity index (χ0n) is 17.6. The highest BCUT2D eigenvalue weighted by Gasteiger charge is 2.43. The summed E-state index contributed by atoms with van der Waals surface area (Å²) in [4.78, 5) is 0. The van der Waals surface area contributed by atoms with Gasteiger partial charge in [-0.25, -0.2) is 0 Å². The molecule has 0 aliphatic rings. The van der Waals surface area contributed by atoms with Crippen molar-refractivity contribution in [2.75, 3.05) is 27.9 Å². The largest absolute Gasteiger partial charge is 0.499 e. The normalized spacial score (nSPS) is 13.9. The van der Waals surface area contributed by atoms with E-state index in [9.17, 15) is 0 Å². The standard InChI is InChI=1S/C16H38O6Si3/c1-10-12-13-20-16(11-2)21-24(8,9)22-23(6,7)14-15-25(17-3,18-4)19-5/h11H,10,12-15H2,1-9H3/b16-11-. The zero-order valence-corrected chi connectivity index (χ0v) is 20.6. The number of hydrogen-bond donors (Lipinski definition) is 0. The minimum absolute atomic E-state index is 0.573. The van der Waals surface area contributed by atoms with E-state index < -0.39 is 25.7 Å². The second-order valence-electron chi connectivity index (χ2n) is 6.97. The Morgan fingerprint density at radius 2 is 1.48 bits per heavy atom. The lowest BCUT2D eigenvalue weighted by Gasteiger charge is -2.35. The summed E-state index contributed by atoms with van der Waals surface area (Å²) in [6.45, 7) is 13.2. The first-order valence-electron chi connectivity index (χ1n) is 8.93. The van der Waals surface area contributed by atoms with Crippen molar-refractivity contribution in [1.82, 2.24) is 0 Å². The van der Waals surface area contributed by atoms with Crippen molar-refractivity contribution >= 4 is 25.7 Å². The fraction of sp³-hybridized carbons (Fsp3) is 0.875. The van der Waals surface area contributed by atoms with Gasteiger partial charge in [-0.3, -0.25) is 0 Å². The summed E-state index contributed by atoms with van der Waals surface area (Å²) in [6.07, 6.45) is 3.97. The van der Waals surface area contributed by atoms with Gasteiger partial charge in [0.1, 0.15) is 0 Å². The summed E-state index contributed by atoms with van der Waals surface area (Å²) in [7, 11) is -1.96. The molecule has 0 atom stereocenters. The second-order valence-corrected chi connectivity index (χ2v) is 17.9. The van der Waals surface area contributed by atoms with Crippen molar-refractivity contribution in [2.24, 2.45) is 0 Å². The minimum Gasteiger partial charge on any atom is -0.495 e. The molecule has 0 aromatic heterocycles. The average Bonchev–Trinajstić information content (AvgIpc) is 2.54. The summed E-state index contributed by atoms with van der Waals surface area (Å²) in [5, 5.41) is 0. The van der Waals surface area contributed by atoms with Crippen LogP contribution in [0.2, 0.25) is 38.3 Å². The van der Waals surface area contributed by atoms with Crippen LogP contribution in [0.4, 0.5) is 0 Å². The Labute approximate surface area is 157 Å². The van der Waals surface area contributed by atoms with Gasteiger partial charge >= 0.3 is 17.4 Å². The van der Waals surface area contributed by atoms with Crippen molar-refractivity contribution in [1.29, 1.82) is 0 Å². The molecular weight excluding hydrogens is 372 g/mol. The number of rotatable bonds is 14. The van der Waals surface area contributed by atoms with Gasteiger partial charge in [0.25, 0.3) is 5.95 Å². The molecule has 0 N–H and O–H groups in total. The second kappa shape index (κ2) is 11.5. The Hall–Kier alpha value is -0.169. The van der Waals surface area contributed by atoms with Crippen LogP contribution < -0.4 is 0 Å². The molecule has 0 aromatic carbocycles. The van der Waals surface area contributed by atoms with Crippen LogP contribution in [0.15, 0.2) is 12.0 Å². The van der Waals surface area contributed by atoms with Crippen LogP contribution in [-0.4, -0.2) is 53.6 Å². The van der Waals surface area contributed by atoms with E-state index in [1.165, 1.54) is 0 Å². The van der Waals surface area contributed by atoms with Crippen LogP contribution in [0, 0.1) is 0 Å². The minimum atomic E-state index is -2.57. The SMILES string of the molecule is C/C=C(/OCCCC)O[Si](C)(C)O[Si](C)(C)CC[Si](OC)(OC)OC. The summed E-state index contributed by atoms with van der Waals surface area (Å²) in [6, 6.07) is 1.63. The molecular formula is C16H38O6Si3. The van der Waals surface area contributed by atoms with Gasteiger partial charge in [0.05, 0.1) is 6.61 Å². The van der Waals surface area contributed by atoms with Gasteiger partial charge in [0, 0.05) is 27.4 Å². The monoisotopic (exact) mass is 410 g/mol. The van der Waals surface area contributed by atoms with Crippen molar-refractivity contribution < 1.29 is 26.6 Å². The van der Waals surface area contributed by atoms with Gasteiger partial charge in [-0.1, -0.05) is 13.3 Å². The summed E-state index contributed by atoms with van der Waals surface area (Å²) >= 11 is 0. The lowest BCUT2D eigenvalue weighted by atomic mass is 10.4. The van der Waals surface area contributed by atoms with E-state index in [1.54, 1.807) is 21.3 Å². The third-order valence-corrected chi connectivity index (χ3v) is 13.4. The highest BCUT2D eigenvalue weighted by Crippen LogP contribution is 2.27. The zero-order chi connectivity index (χ0) is 19.6. The molecule has 0 amide bonds. The molecule has 0 saturated carbocycles. The van der Waals surface area contributed by atoms with Crippen LogP contribution in [0.3, 0.4) is 0 Å². The van der Waals surface area contributed by atoms with Gasteiger partial charge in [-0.05, 0) is 51.7 Å². The molecule has 150 valence electrons. The molecule has 0 aromatic rings. The Kier molecular flexibility index (Phi) is 11.4. The fourth-order valence-electron chi connectivity index (χ4n) is 2.48. The third-order valence-electron chi connectivity index (χ3n) is 3.81. The van der Waals surface area contributed by atoms with Crippen molar-refractivity contribution in [3.63, 3.8) is 0 Å². The number of unbranched alkanes of at least 4 members (excludes halogenated alkanes) is 1. The van der Waals surface area contributed by atoms with Crippen molar-refractivity contribution in [2.45, 2.75) is 65.0 Å². The van der Waals surface area contributed by atoms with E-state index in [-0.39, 0.29) is 0 Å². The fourth-order valence-corrected chi connectivity index (χ4v) is 13.8. The molecule has 0 saturated heterocycles. The number of allylic oxidation sites excluding steroid dienone is 1. The van der Waals surface area contributed by atoms with E-state index in [2.05, 4.69) is 33.1 Å². The molecule has 0 spiro atoms. The lowest BCUT2D eigenvalue weighted by Crippen LogP contribution is -2.49. The molecule has 6 nitrogen and oxygen atoms in total. The predicted molar refractivity (Wildman–Crippen MR) is 108 cm³/mol. The van der Waals surface area contributed by atoms with E-state index in [4.69, 9.17) is 26.6 Å². The molecule has 25 heavy (non-hydrogen) atoms. The molecule has 0 unspecified atom stereocenters. The van der Waals surface area contributed by atoms with Gasteiger partial charge < -0.3 is 26.6 Å². The first kappa shape index (κ1) is 24.8. The predicted octanol–water partition coefficient (Wildman–Crippen LogP) is 4.48. The topological polar surface area (TPSA) is 55.4 Å². The molecule has 0 rings (SSSR count). The van der Waals surface area contributed by atoms with E-state index in [1.807, 2.05) is 13.0 Å². The molecule has 0 aliphatic heterocycles. The summed E-state index contributed by atoms with van der Waals surface area (Å²) in [5.41, 5.74) is 0. The van der Waals surface area contributed by atoms with Gasteiger partial charge in [0.15, 0.2) is 8.32 Å². The smallest absolute Gasteiger partial charge is 0.495 e. The van der Waals surface area contributed by atoms with Crippen LogP contribution in [-0.2, 0) is 26.6 Å². The van der Waals surface area contributed by atoms with Gasteiger partial charge in [-0.2, -0.15) is 0 Å². The molecule has 0 heterocycles. The number of ether oxygens (including phenoxy) is 1. The van der Waals surface area contributed by atoms with Gasteiger partial charge in [-0.15, -0.1) is 0 Å². The van der Waals surface area contributed by atoms with Gasteiger partial charge in [0.2, 0.25) is 0 Å². The van der Waals surface area contributed by atoms with Crippen LogP contribution in [0.5, 0.6) is 0 Å². The summed E-state index contributed by atoms with van der Waals surface area (Å²) < 4.78 is 34.8. The summed E-state index contributed by atoms with van der Waals surface area (Å²) in [5.74, 6) is 0.573. The van der Waals surface area contributed by atoms with Crippen molar-refractivity contribution in [3.05, 3.63) is 12.0 Å². The van der Waals surface area contributed by atoms with Crippen molar-refractivity contribution in [3.8, 4) is 0 Å². The van der Waals surface area contributed by atoms with Crippen LogP contribution in [0.1, 0.15) is 26.7 Å². The molecule has 0 aliphatic carbocycles. The number of hydrogen-bond acceptors (Lipinski definition) is 6. The first-order valence-corrected chi connectivity index (χ1v) is 16.8. The lowest BCUT2D eigenvalue weighted by molar-refractivity contribution is 0.0870. The Balaban J connectivity index is 4.72. The highest BCUT2D eigenvalue weighted by atomic mass is 28.4. The first-order chi connectivity index (χ1) is 11.6. The molecule has 9 heteroatoms. The van der Waals surface area contributed by atoms with Crippen LogP contribution in [0.25, 0.3) is 0 Å². The Morgan fingerprint density at radius 3 is 1.92 bits per heavy atom. The third kappa shape index (κ3) is 9.92. The molecule has 0 bridgehead atoms. The molecule has 0 radical (unpaired) electrons. The Morgan fingerprint density at radius 1 is 0.920 bits per heavy atom. The van der Waals surface area contributed by atoms with Crippen LogP contribution >= 0.6 is 0 Å². The van der Waals surface area contributed by atoms with E-state index >= 15 is 0 Å². The van der Waals surface area contributed by atoms with E-state index in [0.717, 1.165) is 24.9 Å². The van der Waals surface area contributed by atoms with E-state index in [0.29, 0.717) is 12.6 Å². The average molecular weight is 411 g/mol. The maximum Gasteiger partial charge on any atom is 0.499 e. The maximum absolute atomic E-state index is 6.48. The highest BCUT2D eigenvalue weighted by molar-refractivity contribution is 6.83. The molecule has 0 fully saturated rings. The Bertz CT molecular complexity index is 389. The maximum atomic E-state index is 6.48. The quantitative estimate of drug-likeness (QED) is 0.239.